The Morgan fingerprint density at radius 2 is 2.00 bits per heavy atom. The lowest BCUT2D eigenvalue weighted by Gasteiger charge is -2.39. The maximum absolute atomic E-state index is 6.45. The second kappa shape index (κ2) is 9.24. The van der Waals surface area contributed by atoms with Crippen molar-refractivity contribution in [2.24, 2.45) is 0 Å². The molecule has 3 rings (SSSR count). The van der Waals surface area contributed by atoms with Crippen LogP contribution in [0.25, 0.3) is 5.57 Å². The zero-order valence-electron chi connectivity index (χ0n) is 18.3. The summed E-state index contributed by atoms with van der Waals surface area (Å²) in [7, 11) is 0. The molecule has 1 fully saturated rings. The molecule has 0 N–H and O–H groups in total. The van der Waals surface area contributed by atoms with Gasteiger partial charge in [0.05, 0.1) is 6.10 Å². The Balaban J connectivity index is 1.87. The topological polar surface area (TPSA) is 18.5 Å². The van der Waals surface area contributed by atoms with Crippen LogP contribution in [0.15, 0.2) is 48.1 Å². The second-order valence-corrected chi connectivity index (χ2v) is 8.89. The number of benzene rings is 1. The number of hydrogen-bond acceptors (Lipinski definition) is 2. The molecule has 0 amide bonds. The van der Waals surface area contributed by atoms with Gasteiger partial charge in [0, 0.05) is 6.61 Å². The molecule has 2 nitrogen and oxygen atoms in total. The highest BCUT2D eigenvalue weighted by atomic mass is 16.7. The molecule has 1 aliphatic carbocycles. The maximum Gasteiger partial charge on any atom is 0.158 e. The Kier molecular flexibility index (Phi) is 6.95. The minimum absolute atomic E-state index is 0.0418. The van der Waals surface area contributed by atoms with Gasteiger partial charge in [0.25, 0.3) is 0 Å². The van der Waals surface area contributed by atoms with E-state index in [-0.39, 0.29) is 17.8 Å². The molecule has 2 unspecified atom stereocenters. The van der Waals surface area contributed by atoms with Crippen LogP contribution in [0.1, 0.15) is 89.5 Å². The van der Waals surface area contributed by atoms with E-state index < -0.39 is 0 Å². The number of fused-ring (bicyclic) bond motifs is 1. The Morgan fingerprint density at radius 1 is 1.18 bits per heavy atom. The van der Waals surface area contributed by atoms with Crippen LogP contribution in [0.5, 0.6) is 0 Å². The molecular weight excluding hydrogens is 344 g/mol. The van der Waals surface area contributed by atoms with E-state index in [0.29, 0.717) is 0 Å². The quantitative estimate of drug-likeness (QED) is 0.500. The van der Waals surface area contributed by atoms with Crippen LogP contribution in [0.2, 0.25) is 0 Å². The molecule has 0 bridgehead atoms. The van der Waals surface area contributed by atoms with E-state index in [2.05, 4.69) is 77.1 Å². The van der Waals surface area contributed by atoms with Gasteiger partial charge in [0.2, 0.25) is 0 Å². The van der Waals surface area contributed by atoms with Crippen LogP contribution in [0, 0.1) is 0 Å². The van der Waals surface area contributed by atoms with Crippen molar-refractivity contribution >= 4 is 5.57 Å². The van der Waals surface area contributed by atoms with Crippen LogP contribution in [-0.2, 0) is 14.9 Å². The summed E-state index contributed by atoms with van der Waals surface area (Å²) < 4.78 is 12.3. The summed E-state index contributed by atoms with van der Waals surface area (Å²) in [5, 5.41) is 0. The van der Waals surface area contributed by atoms with Crippen molar-refractivity contribution in [3.05, 3.63) is 64.8 Å². The lowest BCUT2D eigenvalue weighted by Crippen LogP contribution is -2.31. The highest BCUT2D eigenvalue weighted by Gasteiger charge is 2.34. The van der Waals surface area contributed by atoms with Crippen molar-refractivity contribution in [3.8, 4) is 0 Å². The Bertz CT molecular complexity index is 761. The summed E-state index contributed by atoms with van der Waals surface area (Å²) in [6.45, 7) is 11.9. The molecule has 152 valence electrons. The van der Waals surface area contributed by atoms with Crippen molar-refractivity contribution in [3.63, 3.8) is 0 Å². The first-order valence-corrected chi connectivity index (χ1v) is 10.8. The van der Waals surface area contributed by atoms with Gasteiger partial charge in [-0.2, -0.15) is 0 Å². The molecule has 2 heteroatoms. The zero-order chi connectivity index (χ0) is 20.1. The fraction of sp³-hybridized carbons (Fsp3) is 0.538. The first kappa shape index (κ1) is 21.1. The van der Waals surface area contributed by atoms with E-state index in [9.17, 15) is 0 Å². The molecule has 2 atom stereocenters. The normalized spacial score (nSPS) is 25.8. The predicted molar refractivity (Wildman–Crippen MR) is 118 cm³/mol. The van der Waals surface area contributed by atoms with E-state index >= 15 is 0 Å². The van der Waals surface area contributed by atoms with Crippen molar-refractivity contribution in [2.45, 2.75) is 84.5 Å². The van der Waals surface area contributed by atoms with Crippen molar-refractivity contribution in [1.82, 2.24) is 0 Å². The van der Waals surface area contributed by atoms with E-state index in [1.165, 1.54) is 34.3 Å². The van der Waals surface area contributed by atoms with Gasteiger partial charge in [-0.15, -0.1) is 0 Å². The van der Waals surface area contributed by atoms with Crippen LogP contribution in [0.3, 0.4) is 0 Å². The Hall–Kier alpha value is -1.64. The molecule has 0 saturated carbocycles. The summed E-state index contributed by atoms with van der Waals surface area (Å²) in [6, 6.07) is 6.94. The average molecular weight is 381 g/mol. The molecule has 1 aromatic carbocycles. The van der Waals surface area contributed by atoms with Gasteiger partial charge in [-0.3, -0.25) is 0 Å². The molecule has 0 aromatic heterocycles. The fourth-order valence-corrected chi connectivity index (χ4v) is 4.15. The molecular formula is C26H36O2. The SMILES string of the molecule is C/C=C(C)/C=C/C=C(\C)c1ccc2c(c1)C(OC1CCCCO1)CCC2(C)C. The van der Waals surface area contributed by atoms with Crippen molar-refractivity contribution in [1.29, 1.82) is 0 Å². The first-order chi connectivity index (χ1) is 13.4. The third-order valence-corrected chi connectivity index (χ3v) is 6.23. The molecule has 1 aliphatic heterocycles. The smallest absolute Gasteiger partial charge is 0.158 e. The Labute approximate surface area is 171 Å². The Morgan fingerprint density at radius 3 is 2.71 bits per heavy atom. The number of allylic oxidation sites excluding steroid dienone is 6. The monoisotopic (exact) mass is 380 g/mol. The van der Waals surface area contributed by atoms with Crippen LogP contribution in [-0.4, -0.2) is 12.9 Å². The standard InChI is InChI=1S/C26H36O2/c1-6-19(2)10-9-11-20(3)21-13-14-23-22(18-21)24(15-16-26(23,4)5)28-25-12-7-8-17-27-25/h6,9-11,13-14,18,24-25H,7-8,12,15-17H2,1-5H3/b10-9+,19-6+,20-11+. The van der Waals surface area contributed by atoms with Crippen LogP contribution < -0.4 is 0 Å². The second-order valence-electron chi connectivity index (χ2n) is 8.89. The van der Waals surface area contributed by atoms with Gasteiger partial charge >= 0.3 is 0 Å². The molecule has 1 saturated heterocycles. The predicted octanol–water partition coefficient (Wildman–Crippen LogP) is 7.27. The summed E-state index contributed by atoms with van der Waals surface area (Å²) >= 11 is 0. The zero-order valence-corrected chi connectivity index (χ0v) is 18.3. The molecule has 1 heterocycles. The minimum Gasteiger partial charge on any atom is -0.353 e. The van der Waals surface area contributed by atoms with E-state index in [0.717, 1.165) is 32.3 Å². The summed E-state index contributed by atoms with van der Waals surface area (Å²) in [5.74, 6) is 0. The van der Waals surface area contributed by atoms with Gasteiger partial charge < -0.3 is 9.47 Å². The van der Waals surface area contributed by atoms with Crippen molar-refractivity contribution in [2.75, 3.05) is 6.61 Å². The number of ether oxygens (including phenoxy) is 2. The largest absolute Gasteiger partial charge is 0.353 e. The fourth-order valence-electron chi connectivity index (χ4n) is 4.15. The van der Waals surface area contributed by atoms with Gasteiger partial charge in [-0.25, -0.2) is 0 Å². The highest BCUT2D eigenvalue weighted by Crippen LogP contribution is 2.44. The highest BCUT2D eigenvalue weighted by molar-refractivity contribution is 5.67. The van der Waals surface area contributed by atoms with Crippen LogP contribution in [0.4, 0.5) is 0 Å². The van der Waals surface area contributed by atoms with Gasteiger partial charge in [0.1, 0.15) is 0 Å². The first-order valence-electron chi connectivity index (χ1n) is 10.8. The molecule has 1 aromatic rings. The van der Waals surface area contributed by atoms with Gasteiger partial charge in [0.15, 0.2) is 6.29 Å². The number of hydrogen-bond donors (Lipinski definition) is 0. The van der Waals surface area contributed by atoms with Crippen LogP contribution >= 0.6 is 0 Å². The van der Waals surface area contributed by atoms with E-state index in [1.807, 2.05) is 0 Å². The van der Waals surface area contributed by atoms with Gasteiger partial charge in [-0.1, -0.05) is 55.9 Å². The molecule has 28 heavy (non-hydrogen) atoms. The summed E-state index contributed by atoms with van der Waals surface area (Å²) in [4.78, 5) is 0. The summed E-state index contributed by atoms with van der Waals surface area (Å²) in [5.41, 5.74) is 6.80. The van der Waals surface area contributed by atoms with E-state index in [4.69, 9.17) is 9.47 Å². The summed E-state index contributed by atoms with van der Waals surface area (Å²) in [6.07, 6.45) is 14.3. The third kappa shape index (κ3) is 5.04. The van der Waals surface area contributed by atoms with Gasteiger partial charge in [-0.05, 0) is 86.6 Å². The third-order valence-electron chi connectivity index (χ3n) is 6.23. The lowest BCUT2D eigenvalue weighted by molar-refractivity contribution is -0.193. The van der Waals surface area contributed by atoms with E-state index in [1.54, 1.807) is 0 Å². The molecule has 0 spiro atoms. The lowest BCUT2D eigenvalue weighted by atomic mass is 9.71. The number of rotatable bonds is 5. The maximum atomic E-state index is 6.45. The van der Waals surface area contributed by atoms with Crippen molar-refractivity contribution < 1.29 is 9.47 Å². The minimum atomic E-state index is -0.0418. The molecule has 2 aliphatic rings. The average Bonchev–Trinajstić information content (AvgIpc) is 2.70. The molecule has 0 radical (unpaired) electrons.